The standard InChI is InChI=1S/C18H20N4O/c1-13-4-6-14(7-5-13)11-22-18(16-3-2-9-19-16)20-17(21-22)15-8-10-23-12-15/h2-7,9,15,19H,8,10-12H2,1H3. The van der Waals surface area contributed by atoms with Crippen molar-refractivity contribution in [2.45, 2.75) is 25.8 Å². The van der Waals surface area contributed by atoms with Crippen molar-refractivity contribution in [2.24, 2.45) is 0 Å². The number of nitrogens with zero attached hydrogens (tertiary/aromatic N) is 3. The predicted octanol–water partition coefficient (Wildman–Crippen LogP) is 3.13. The molecule has 23 heavy (non-hydrogen) atoms. The summed E-state index contributed by atoms with van der Waals surface area (Å²) < 4.78 is 7.48. The van der Waals surface area contributed by atoms with E-state index in [0.29, 0.717) is 5.92 Å². The van der Waals surface area contributed by atoms with Gasteiger partial charge in [-0.15, -0.1) is 0 Å². The third kappa shape index (κ3) is 2.92. The average Bonchev–Trinajstić information content (AvgIpc) is 3.30. The van der Waals surface area contributed by atoms with Crippen molar-refractivity contribution in [1.82, 2.24) is 19.7 Å². The number of hydrogen-bond donors (Lipinski definition) is 1. The molecule has 3 aromatic rings. The fourth-order valence-corrected chi connectivity index (χ4v) is 2.92. The Hall–Kier alpha value is -2.40. The van der Waals surface area contributed by atoms with Crippen LogP contribution in [0.15, 0.2) is 42.6 Å². The molecule has 4 rings (SSSR count). The van der Waals surface area contributed by atoms with Crippen molar-refractivity contribution in [3.63, 3.8) is 0 Å². The summed E-state index contributed by atoms with van der Waals surface area (Å²) in [4.78, 5) is 8.03. The van der Waals surface area contributed by atoms with Gasteiger partial charge in [0, 0.05) is 18.7 Å². The highest BCUT2D eigenvalue weighted by molar-refractivity contribution is 5.49. The third-order valence-corrected chi connectivity index (χ3v) is 4.27. The molecule has 1 aromatic carbocycles. The van der Waals surface area contributed by atoms with E-state index in [9.17, 15) is 0 Å². The normalized spacial score (nSPS) is 17.7. The minimum Gasteiger partial charge on any atom is -0.381 e. The van der Waals surface area contributed by atoms with E-state index < -0.39 is 0 Å². The zero-order chi connectivity index (χ0) is 15.6. The SMILES string of the molecule is Cc1ccc(Cn2nc(C3CCOC3)nc2-c2ccc[nH]2)cc1. The molecule has 0 amide bonds. The number of aryl methyl sites for hydroxylation is 1. The molecule has 5 heteroatoms. The molecule has 1 aliphatic rings. The van der Waals surface area contributed by atoms with Gasteiger partial charge >= 0.3 is 0 Å². The van der Waals surface area contributed by atoms with Crippen LogP contribution in [0.1, 0.15) is 29.3 Å². The monoisotopic (exact) mass is 308 g/mol. The molecule has 0 bridgehead atoms. The minimum absolute atomic E-state index is 0.308. The summed E-state index contributed by atoms with van der Waals surface area (Å²) in [7, 11) is 0. The van der Waals surface area contributed by atoms with E-state index in [1.807, 2.05) is 23.0 Å². The van der Waals surface area contributed by atoms with Crippen LogP contribution in [0.3, 0.4) is 0 Å². The summed E-state index contributed by atoms with van der Waals surface area (Å²) in [5, 5.41) is 4.77. The molecule has 1 saturated heterocycles. The molecule has 0 radical (unpaired) electrons. The van der Waals surface area contributed by atoms with Crippen LogP contribution in [-0.4, -0.2) is 33.0 Å². The summed E-state index contributed by atoms with van der Waals surface area (Å²) >= 11 is 0. The van der Waals surface area contributed by atoms with Gasteiger partial charge in [-0.3, -0.25) is 0 Å². The maximum Gasteiger partial charge on any atom is 0.175 e. The van der Waals surface area contributed by atoms with Gasteiger partial charge < -0.3 is 9.72 Å². The Labute approximate surface area is 135 Å². The quantitative estimate of drug-likeness (QED) is 0.805. The maximum atomic E-state index is 5.49. The lowest BCUT2D eigenvalue weighted by atomic mass is 10.1. The van der Waals surface area contributed by atoms with Crippen LogP contribution >= 0.6 is 0 Å². The van der Waals surface area contributed by atoms with Gasteiger partial charge in [-0.05, 0) is 31.0 Å². The Bertz CT molecular complexity index is 768. The smallest absolute Gasteiger partial charge is 0.175 e. The molecule has 3 heterocycles. The first-order chi connectivity index (χ1) is 11.3. The lowest BCUT2D eigenvalue weighted by molar-refractivity contribution is 0.193. The number of nitrogens with one attached hydrogen (secondary N) is 1. The Kier molecular flexibility index (Phi) is 3.71. The zero-order valence-corrected chi connectivity index (χ0v) is 13.2. The highest BCUT2D eigenvalue weighted by Gasteiger charge is 2.24. The number of ether oxygens (including phenoxy) is 1. The van der Waals surface area contributed by atoms with Crippen LogP contribution in [0, 0.1) is 6.92 Å². The molecular formula is C18H20N4O. The molecule has 5 nitrogen and oxygen atoms in total. The average molecular weight is 308 g/mol. The van der Waals surface area contributed by atoms with Crippen molar-refractivity contribution < 1.29 is 4.74 Å². The Morgan fingerprint density at radius 1 is 1.26 bits per heavy atom. The molecule has 1 atom stereocenters. The Balaban J connectivity index is 1.69. The first kappa shape index (κ1) is 14.2. The number of H-pyrrole nitrogens is 1. The molecule has 2 aromatic heterocycles. The van der Waals surface area contributed by atoms with Gasteiger partial charge in [-0.2, -0.15) is 5.10 Å². The van der Waals surface area contributed by atoms with Gasteiger partial charge in [0.1, 0.15) is 0 Å². The molecular weight excluding hydrogens is 288 g/mol. The number of hydrogen-bond acceptors (Lipinski definition) is 3. The topological polar surface area (TPSA) is 55.7 Å². The zero-order valence-electron chi connectivity index (χ0n) is 13.2. The van der Waals surface area contributed by atoms with Crippen LogP contribution in [0.25, 0.3) is 11.5 Å². The lowest BCUT2D eigenvalue weighted by Gasteiger charge is -2.05. The van der Waals surface area contributed by atoms with Gasteiger partial charge in [0.25, 0.3) is 0 Å². The van der Waals surface area contributed by atoms with Crippen LogP contribution in [0.5, 0.6) is 0 Å². The maximum absolute atomic E-state index is 5.49. The highest BCUT2D eigenvalue weighted by atomic mass is 16.5. The number of aromatic nitrogens is 4. The molecule has 1 unspecified atom stereocenters. The van der Waals surface area contributed by atoms with Crippen LogP contribution in [0.2, 0.25) is 0 Å². The molecule has 118 valence electrons. The van der Waals surface area contributed by atoms with E-state index >= 15 is 0 Å². The molecule has 0 saturated carbocycles. The van der Waals surface area contributed by atoms with Crippen LogP contribution in [-0.2, 0) is 11.3 Å². The van der Waals surface area contributed by atoms with E-state index in [1.165, 1.54) is 11.1 Å². The first-order valence-corrected chi connectivity index (χ1v) is 8.01. The molecule has 1 N–H and O–H groups in total. The first-order valence-electron chi connectivity index (χ1n) is 8.01. The second-order valence-corrected chi connectivity index (χ2v) is 6.08. The van der Waals surface area contributed by atoms with Crippen molar-refractivity contribution >= 4 is 0 Å². The number of aromatic amines is 1. The van der Waals surface area contributed by atoms with E-state index in [2.05, 4.69) is 36.2 Å². The van der Waals surface area contributed by atoms with E-state index in [4.69, 9.17) is 14.8 Å². The van der Waals surface area contributed by atoms with E-state index in [-0.39, 0.29) is 0 Å². The predicted molar refractivity (Wildman–Crippen MR) is 88.3 cm³/mol. The molecule has 1 aliphatic heterocycles. The highest BCUT2D eigenvalue weighted by Crippen LogP contribution is 2.25. The fraction of sp³-hybridized carbons (Fsp3) is 0.333. The van der Waals surface area contributed by atoms with E-state index in [1.54, 1.807) is 0 Å². The summed E-state index contributed by atoms with van der Waals surface area (Å²) in [6, 6.07) is 12.6. The second-order valence-electron chi connectivity index (χ2n) is 6.08. The van der Waals surface area contributed by atoms with Crippen molar-refractivity contribution in [3.05, 3.63) is 59.5 Å². The largest absolute Gasteiger partial charge is 0.381 e. The Morgan fingerprint density at radius 2 is 2.13 bits per heavy atom. The minimum atomic E-state index is 0.308. The summed E-state index contributed by atoms with van der Waals surface area (Å²) in [6.45, 7) is 4.34. The van der Waals surface area contributed by atoms with Gasteiger partial charge in [-0.25, -0.2) is 9.67 Å². The summed E-state index contributed by atoms with van der Waals surface area (Å²) in [6.07, 6.45) is 2.91. The lowest BCUT2D eigenvalue weighted by Crippen LogP contribution is -2.06. The number of benzene rings is 1. The van der Waals surface area contributed by atoms with Crippen LogP contribution < -0.4 is 0 Å². The van der Waals surface area contributed by atoms with Crippen molar-refractivity contribution in [2.75, 3.05) is 13.2 Å². The van der Waals surface area contributed by atoms with Gasteiger partial charge in [-0.1, -0.05) is 29.8 Å². The Morgan fingerprint density at radius 3 is 2.83 bits per heavy atom. The fourth-order valence-electron chi connectivity index (χ4n) is 2.92. The molecule has 0 spiro atoms. The number of rotatable bonds is 4. The summed E-state index contributed by atoms with van der Waals surface area (Å²) in [5.74, 6) is 2.08. The summed E-state index contributed by atoms with van der Waals surface area (Å²) in [5.41, 5.74) is 3.48. The molecule has 1 fully saturated rings. The van der Waals surface area contributed by atoms with E-state index in [0.717, 1.165) is 43.5 Å². The van der Waals surface area contributed by atoms with Gasteiger partial charge in [0.2, 0.25) is 0 Å². The third-order valence-electron chi connectivity index (χ3n) is 4.27. The van der Waals surface area contributed by atoms with Gasteiger partial charge in [0.05, 0.1) is 18.8 Å². The van der Waals surface area contributed by atoms with Crippen molar-refractivity contribution in [1.29, 1.82) is 0 Å². The molecule has 0 aliphatic carbocycles. The van der Waals surface area contributed by atoms with Crippen LogP contribution in [0.4, 0.5) is 0 Å². The van der Waals surface area contributed by atoms with Crippen molar-refractivity contribution in [3.8, 4) is 11.5 Å². The second kappa shape index (κ2) is 6.01. The van der Waals surface area contributed by atoms with Gasteiger partial charge in [0.15, 0.2) is 11.6 Å².